The van der Waals surface area contributed by atoms with Gasteiger partial charge in [0, 0.05) is 38.1 Å². The van der Waals surface area contributed by atoms with E-state index < -0.39 is 11.7 Å². The number of nitrogens with one attached hydrogen (secondary N) is 1. The second-order valence-corrected chi connectivity index (χ2v) is 7.70. The number of alkyl halides is 3. The number of likely N-dealkylation sites (N-methyl/N-ethyl adjacent to an activating group) is 1. The molecule has 9 heteroatoms. The van der Waals surface area contributed by atoms with Crippen molar-refractivity contribution in [2.45, 2.75) is 26.6 Å². The molecule has 6 nitrogen and oxygen atoms in total. The predicted octanol–water partition coefficient (Wildman–Crippen LogP) is 4.11. The molecule has 31 heavy (non-hydrogen) atoms. The number of aryl methyl sites for hydroxylation is 1. The third-order valence-corrected chi connectivity index (χ3v) is 5.67. The van der Waals surface area contributed by atoms with Crippen molar-refractivity contribution >= 4 is 22.4 Å². The summed E-state index contributed by atoms with van der Waals surface area (Å²) in [6.07, 6.45) is -2.51. The molecule has 1 aromatic carbocycles. The van der Waals surface area contributed by atoms with Gasteiger partial charge in [-0.3, -0.25) is 4.98 Å². The highest BCUT2D eigenvalue weighted by Crippen LogP contribution is 2.30. The first-order valence-electron chi connectivity index (χ1n) is 10.4. The number of aromatic nitrogens is 3. The van der Waals surface area contributed by atoms with E-state index >= 15 is 0 Å². The fourth-order valence-electron chi connectivity index (χ4n) is 3.82. The molecule has 4 rings (SSSR count). The van der Waals surface area contributed by atoms with E-state index in [0.29, 0.717) is 17.1 Å². The molecule has 0 unspecified atom stereocenters. The minimum absolute atomic E-state index is 0.205. The number of hydrogen-bond donors (Lipinski definition) is 1. The number of rotatable bonds is 5. The van der Waals surface area contributed by atoms with Crippen LogP contribution in [0.4, 0.5) is 24.7 Å². The number of anilines is 2. The zero-order valence-corrected chi connectivity index (χ0v) is 17.6. The van der Waals surface area contributed by atoms with Crippen LogP contribution in [0.1, 0.15) is 23.7 Å². The number of halogens is 3. The number of nitrogens with zero attached hydrogens (tertiary/aromatic N) is 5. The number of hydrogen-bond acceptors (Lipinski definition) is 6. The molecule has 0 aliphatic carbocycles. The van der Waals surface area contributed by atoms with Gasteiger partial charge in [0.2, 0.25) is 0 Å². The maximum absolute atomic E-state index is 13.0. The van der Waals surface area contributed by atoms with Gasteiger partial charge >= 0.3 is 6.18 Å². The Balaban J connectivity index is 1.58. The SMILES string of the molecule is CCN1CCN(c2cnc3c(C)nnc(NCc4cccc(C(F)(F)F)c4)c3c2)CC1. The van der Waals surface area contributed by atoms with E-state index in [1.54, 1.807) is 6.07 Å². The monoisotopic (exact) mass is 430 g/mol. The van der Waals surface area contributed by atoms with Crippen molar-refractivity contribution in [1.29, 1.82) is 0 Å². The minimum Gasteiger partial charge on any atom is -0.368 e. The molecule has 1 aliphatic rings. The summed E-state index contributed by atoms with van der Waals surface area (Å²) in [4.78, 5) is 9.31. The first-order chi connectivity index (χ1) is 14.8. The van der Waals surface area contributed by atoms with Gasteiger partial charge in [0.05, 0.1) is 28.7 Å². The van der Waals surface area contributed by atoms with Crippen LogP contribution in [0.15, 0.2) is 36.5 Å². The van der Waals surface area contributed by atoms with E-state index in [2.05, 4.69) is 37.2 Å². The molecule has 0 bridgehead atoms. The van der Waals surface area contributed by atoms with Gasteiger partial charge in [0.1, 0.15) is 0 Å². The Morgan fingerprint density at radius 1 is 1.06 bits per heavy atom. The molecule has 0 spiro atoms. The molecule has 0 atom stereocenters. The van der Waals surface area contributed by atoms with Crippen LogP contribution < -0.4 is 10.2 Å². The zero-order chi connectivity index (χ0) is 22.0. The lowest BCUT2D eigenvalue weighted by molar-refractivity contribution is -0.137. The van der Waals surface area contributed by atoms with Crippen molar-refractivity contribution in [3.63, 3.8) is 0 Å². The Hall–Kier alpha value is -2.94. The quantitative estimate of drug-likeness (QED) is 0.658. The highest BCUT2D eigenvalue weighted by molar-refractivity contribution is 5.92. The Kier molecular flexibility index (Phi) is 5.95. The van der Waals surface area contributed by atoms with Crippen LogP contribution in [0, 0.1) is 6.92 Å². The lowest BCUT2D eigenvalue weighted by Crippen LogP contribution is -2.46. The maximum atomic E-state index is 13.0. The van der Waals surface area contributed by atoms with Crippen LogP contribution >= 0.6 is 0 Å². The Labute approximate surface area is 179 Å². The van der Waals surface area contributed by atoms with Gasteiger partial charge in [0.15, 0.2) is 5.82 Å². The van der Waals surface area contributed by atoms with E-state index in [1.807, 2.05) is 19.2 Å². The Bertz CT molecular complexity index is 1060. The van der Waals surface area contributed by atoms with Crippen molar-refractivity contribution in [3.05, 3.63) is 53.3 Å². The van der Waals surface area contributed by atoms with Gasteiger partial charge in [-0.05, 0) is 37.2 Å². The van der Waals surface area contributed by atoms with Crippen molar-refractivity contribution in [3.8, 4) is 0 Å². The van der Waals surface area contributed by atoms with Gasteiger partial charge in [-0.1, -0.05) is 19.1 Å². The molecule has 1 N–H and O–H groups in total. The normalized spacial score (nSPS) is 15.5. The smallest absolute Gasteiger partial charge is 0.368 e. The van der Waals surface area contributed by atoms with Crippen LogP contribution in [-0.4, -0.2) is 52.8 Å². The molecule has 0 saturated carbocycles. The summed E-state index contributed by atoms with van der Waals surface area (Å²) < 4.78 is 39.0. The van der Waals surface area contributed by atoms with Gasteiger partial charge < -0.3 is 15.1 Å². The summed E-state index contributed by atoms with van der Waals surface area (Å²) in [5.41, 5.74) is 2.31. The van der Waals surface area contributed by atoms with Crippen LogP contribution in [0.2, 0.25) is 0 Å². The fraction of sp³-hybridized carbons (Fsp3) is 0.409. The van der Waals surface area contributed by atoms with E-state index in [1.165, 1.54) is 6.07 Å². The van der Waals surface area contributed by atoms with E-state index in [4.69, 9.17) is 0 Å². The summed E-state index contributed by atoms with van der Waals surface area (Å²) in [6, 6.07) is 7.32. The molecular formula is C22H25F3N6. The standard InChI is InChI=1S/C22H25F3N6/c1-3-30-7-9-31(10-8-30)18-12-19-20(26-14-18)15(2)28-29-21(19)27-13-16-5-4-6-17(11-16)22(23,24)25/h4-6,11-12,14H,3,7-10,13H2,1-2H3,(H,27,29). The van der Waals surface area contributed by atoms with E-state index in [9.17, 15) is 13.2 Å². The molecule has 2 aromatic heterocycles. The second-order valence-electron chi connectivity index (χ2n) is 7.70. The molecule has 3 aromatic rings. The van der Waals surface area contributed by atoms with Crippen molar-refractivity contribution < 1.29 is 13.2 Å². The molecule has 1 aliphatic heterocycles. The highest BCUT2D eigenvalue weighted by Gasteiger charge is 2.30. The number of benzene rings is 1. The number of fused-ring (bicyclic) bond motifs is 1. The summed E-state index contributed by atoms with van der Waals surface area (Å²) in [7, 11) is 0. The van der Waals surface area contributed by atoms with Crippen LogP contribution in [-0.2, 0) is 12.7 Å². The molecule has 3 heterocycles. The van der Waals surface area contributed by atoms with Crippen LogP contribution in [0.3, 0.4) is 0 Å². The summed E-state index contributed by atoms with van der Waals surface area (Å²) >= 11 is 0. The molecular weight excluding hydrogens is 405 g/mol. The van der Waals surface area contributed by atoms with E-state index in [0.717, 1.165) is 61.4 Å². The highest BCUT2D eigenvalue weighted by atomic mass is 19.4. The maximum Gasteiger partial charge on any atom is 0.416 e. The van der Waals surface area contributed by atoms with Gasteiger partial charge in [-0.25, -0.2) is 0 Å². The van der Waals surface area contributed by atoms with E-state index in [-0.39, 0.29) is 6.54 Å². The first kappa shape index (κ1) is 21.3. The minimum atomic E-state index is -4.37. The molecule has 164 valence electrons. The molecule has 1 saturated heterocycles. The lowest BCUT2D eigenvalue weighted by Gasteiger charge is -2.35. The molecule has 0 amide bonds. The molecule has 1 fully saturated rings. The van der Waals surface area contributed by atoms with Gasteiger partial charge in [0.25, 0.3) is 0 Å². The number of pyridine rings is 1. The zero-order valence-electron chi connectivity index (χ0n) is 17.6. The Morgan fingerprint density at radius 2 is 1.84 bits per heavy atom. The average Bonchev–Trinajstić information content (AvgIpc) is 2.78. The summed E-state index contributed by atoms with van der Waals surface area (Å²) in [6.45, 7) is 9.11. The third-order valence-electron chi connectivity index (χ3n) is 5.67. The Morgan fingerprint density at radius 3 is 2.55 bits per heavy atom. The molecule has 0 radical (unpaired) electrons. The average molecular weight is 430 g/mol. The van der Waals surface area contributed by atoms with Gasteiger partial charge in [-0.15, -0.1) is 5.10 Å². The second kappa shape index (κ2) is 8.66. The summed E-state index contributed by atoms with van der Waals surface area (Å²) in [5, 5.41) is 12.4. The topological polar surface area (TPSA) is 57.2 Å². The fourth-order valence-corrected chi connectivity index (χ4v) is 3.82. The lowest BCUT2D eigenvalue weighted by atomic mass is 10.1. The van der Waals surface area contributed by atoms with Crippen molar-refractivity contribution in [2.24, 2.45) is 0 Å². The van der Waals surface area contributed by atoms with Crippen molar-refractivity contribution in [2.75, 3.05) is 42.9 Å². The third kappa shape index (κ3) is 4.71. The largest absolute Gasteiger partial charge is 0.416 e. The van der Waals surface area contributed by atoms with Crippen LogP contribution in [0.5, 0.6) is 0 Å². The van der Waals surface area contributed by atoms with Crippen molar-refractivity contribution in [1.82, 2.24) is 20.1 Å². The summed E-state index contributed by atoms with van der Waals surface area (Å²) in [5.74, 6) is 0.513. The van der Waals surface area contributed by atoms with Crippen LogP contribution in [0.25, 0.3) is 10.9 Å². The number of piperazine rings is 1. The first-order valence-corrected chi connectivity index (χ1v) is 10.4. The predicted molar refractivity (Wildman–Crippen MR) is 115 cm³/mol. The van der Waals surface area contributed by atoms with Gasteiger partial charge in [-0.2, -0.15) is 18.3 Å².